The molecular formula is C23H27N3O3. The second kappa shape index (κ2) is 8.90. The predicted molar refractivity (Wildman–Crippen MR) is 114 cm³/mol. The molecule has 3 rings (SSSR count). The first-order valence-electron chi connectivity index (χ1n) is 9.79. The van der Waals surface area contributed by atoms with Crippen molar-refractivity contribution in [2.24, 2.45) is 5.92 Å². The topological polar surface area (TPSA) is 75.3 Å². The van der Waals surface area contributed by atoms with E-state index in [9.17, 15) is 9.59 Å². The highest BCUT2D eigenvalue weighted by Gasteiger charge is 2.26. The average Bonchev–Trinajstić information content (AvgIpc) is 2.72. The molecule has 0 spiro atoms. The molecule has 1 heterocycles. The minimum Gasteiger partial charge on any atom is -0.497 e. The first kappa shape index (κ1) is 20.6. The third-order valence-electron chi connectivity index (χ3n) is 4.91. The minimum absolute atomic E-state index is 0.0220. The fourth-order valence-corrected chi connectivity index (χ4v) is 3.52. The number of amides is 1. The molecule has 1 aromatic heterocycles. The molecule has 1 amide bonds. The molecule has 6 nitrogen and oxygen atoms in total. The number of hydrogen-bond acceptors (Lipinski definition) is 4. The van der Waals surface area contributed by atoms with E-state index >= 15 is 0 Å². The van der Waals surface area contributed by atoms with Crippen molar-refractivity contribution in [3.8, 4) is 5.75 Å². The van der Waals surface area contributed by atoms with Crippen LogP contribution in [-0.2, 0) is 11.3 Å². The number of carbonyl (C=O) groups excluding carboxylic acids is 1. The smallest absolute Gasteiger partial charge is 0.272 e. The summed E-state index contributed by atoms with van der Waals surface area (Å²) in [4.78, 5) is 27.4. The summed E-state index contributed by atoms with van der Waals surface area (Å²) < 4.78 is 5.31. The quantitative estimate of drug-likeness (QED) is 0.664. The monoisotopic (exact) mass is 393 g/mol. The lowest BCUT2D eigenvalue weighted by atomic mass is 9.99. The van der Waals surface area contributed by atoms with Crippen molar-refractivity contribution in [1.29, 1.82) is 0 Å². The van der Waals surface area contributed by atoms with Gasteiger partial charge in [0.1, 0.15) is 5.75 Å². The minimum atomic E-state index is -0.485. The number of aromatic nitrogens is 2. The molecule has 0 radical (unpaired) electrons. The van der Waals surface area contributed by atoms with Gasteiger partial charge in [-0.15, -0.1) is 0 Å². The van der Waals surface area contributed by atoms with Crippen LogP contribution < -0.4 is 10.3 Å². The number of aromatic amines is 1. The number of fused-ring (bicyclic) bond motifs is 1. The summed E-state index contributed by atoms with van der Waals surface area (Å²) in [6, 6.07) is 15.0. The van der Waals surface area contributed by atoms with Crippen molar-refractivity contribution < 1.29 is 9.53 Å². The van der Waals surface area contributed by atoms with Crippen LogP contribution in [0, 0.1) is 5.92 Å². The Morgan fingerprint density at radius 1 is 1.10 bits per heavy atom. The van der Waals surface area contributed by atoms with Crippen LogP contribution in [-0.4, -0.2) is 34.7 Å². The zero-order valence-corrected chi connectivity index (χ0v) is 17.3. The molecule has 0 aliphatic rings. The molecule has 0 saturated carbocycles. The predicted octanol–water partition coefficient (Wildman–Crippen LogP) is 3.72. The van der Waals surface area contributed by atoms with Gasteiger partial charge in [-0.3, -0.25) is 9.59 Å². The van der Waals surface area contributed by atoms with E-state index in [0.717, 1.165) is 11.3 Å². The van der Waals surface area contributed by atoms with Crippen molar-refractivity contribution in [3.05, 3.63) is 70.1 Å². The zero-order chi connectivity index (χ0) is 21.0. The Labute approximate surface area is 170 Å². The van der Waals surface area contributed by atoms with E-state index in [1.54, 1.807) is 13.2 Å². The third kappa shape index (κ3) is 4.65. The molecule has 6 heteroatoms. The Morgan fingerprint density at radius 3 is 2.52 bits per heavy atom. The van der Waals surface area contributed by atoms with Crippen LogP contribution in [0.3, 0.4) is 0 Å². The number of nitrogens with one attached hydrogen (secondary N) is 1. The molecule has 1 atom stereocenters. The fraction of sp³-hybridized carbons (Fsp3) is 0.348. The molecule has 0 bridgehead atoms. The molecular weight excluding hydrogens is 366 g/mol. The van der Waals surface area contributed by atoms with Gasteiger partial charge in [-0.1, -0.05) is 44.2 Å². The van der Waals surface area contributed by atoms with Gasteiger partial charge in [-0.05, 0) is 36.6 Å². The Morgan fingerprint density at radius 2 is 1.83 bits per heavy atom. The second-order valence-electron chi connectivity index (χ2n) is 7.67. The number of benzene rings is 2. The lowest BCUT2D eigenvalue weighted by molar-refractivity contribution is -0.133. The van der Waals surface area contributed by atoms with E-state index in [1.807, 2.05) is 54.3 Å². The molecule has 0 unspecified atom stereocenters. The van der Waals surface area contributed by atoms with Crippen LogP contribution in [0.1, 0.15) is 37.9 Å². The molecule has 0 aliphatic heterocycles. The molecule has 2 aromatic carbocycles. The fourth-order valence-electron chi connectivity index (χ4n) is 3.52. The van der Waals surface area contributed by atoms with Crippen LogP contribution in [0.2, 0.25) is 0 Å². The van der Waals surface area contributed by atoms with E-state index < -0.39 is 5.92 Å². The summed E-state index contributed by atoms with van der Waals surface area (Å²) >= 11 is 0. The summed E-state index contributed by atoms with van der Waals surface area (Å²) in [6.45, 7) is 7.13. The first-order chi connectivity index (χ1) is 13.9. The zero-order valence-electron chi connectivity index (χ0n) is 17.3. The Hall–Kier alpha value is -3.15. The van der Waals surface area contributed by atoms with Crippen molar-refractivity contribution in [2.45, 2.75) is 33.2 Å². The molecule has 0 aliphatic carbocycles. The van der Waals surface area contributed by atoms with Crippen LogP contribution >= 0.6 is 0 Å². The van der Waals surface area contributed by atoms with Crippen LogP contribution in [0.5, 0.6) is 5.75 Å². The lowest BCUT2D eigenvalue weighted by Gasteiger charge is -2.28. The van der Waals surface area contributed by atoms with Gasteiger partial charge in [-0.2, -0.15) is 5.10 Å². The van der Waals surface area contributed by atoms with E-state index in [4.69, 9.17) is 4.74 Å². The Bertz CT molecular complexity index is 1060. The van der Waals surface area contributed by atoms with Crippen LogP contribution in [0.4, 0.5) is 0 Å². The summed E-state index contributed by atoms with van der Waals surface area (Å²) in [6.07, 6.45) is 0. The summed E-state index contributed by atoms with van der Waals surface area (Å²) in [5.41, 5.74) is 1.34. The molecule has 0 fully saturated rings. The van der Waals surface area contributed by atoms with Gasteiger partial charge in [0.05, 0.1) is 24.1 Å². The summed E-state index contributed by atoms with van der Waals surface area (Å²) in [5.74, 6) is 0.574. The highest BCUT2D eigenvalue weighted by atomic mass is 16.5. The molecule has 0 saturated heterocycles. The standard InChI is InChI=1S/C23H27N3O3/c1-15(2)13-26(14-17-8-7-9-18(12-17)29-4)23(28)16(3)21-19-10-5-6-11-20(19)22(27)25-24-21/h5-12,15-16H,13-14H2,1-4H3,(H,25,27)/t16-/m0/s1. The van der Waals surface area contributed by atoms with Gasteiger partial charge in [0.2, 0.25) is 5.91 Å². The first-order valence-corrected chi connectivity index (χ1v) is 9.79. The van der Waals surface area contributed by atoms with Crippen molar-refractivity contribution in [2.75, 3.05) is 13.7 Å². The maximum atomic E-state index is 13.4. The average molecular weight is 393 g/mol. The van der Waals surface area contributed by atoms with E-state index in [0.29, 0.717) is 35.5 Å². The lowest BCUT2D eigenvalue weighted by Crippen LogP contribution is -2.37. The second-order valence-corrected chi connectivity index (χ2v) is 7.67. The van der Waals surface area contributed by atoms with Crippen molar-refractivity contribution in [1.82, 2.24) is 15.1 Å². The molecule has 3 aromatic rings. The molecule has 1 N–H and O–H groups in total. The van der Waals surface area contributed by atoms with Crippen LogP contribution in [0.25, 0.3) is 10.8 Å². The largest absolute Gasteiger partial charge is 0.497 e. The highest BCUT2D eigenvalue weighted by Crippen LogP contribution is 2.24. The maximum Gasteiger partial charge on any atom is 0.272 e. The van der Waals surface area contributed by atoms with Crippen LogP contribution in [0.15, 0.2) is 53.3 Å². The number of hydrogen-bond donors (Lipinski definition) is 1. The van der Waals surface area contributed by atoms with Gasteiger partial charge in [0.15, 0.2) is 0 Å². The SMILES string of the molecule is COc1cccc(CN(CC(C)C)C(=O)[C@@H](C)c2n[nH]c(=O)c3ccccc23)c1. The number of H-pyrrole nitrogens is 1. The number of methoxy groups -OCH3 is 1. The normalized spacial score (nSPS) is 12.2. The third-order valence-corrected chi connectivity index (χ3v) is 4.91. The maximum absolute atomic E-state index is 13.4. The van der Waals surface area contributed by atoms with Gasteiger partial charge >= 0.3 is 0 Å². The van der Waals surface area contributed by atoms with Crippen molar-refractivity contribution >= 4 is 16.7 Å². The number of ether oxygens (including phenoxy) is 1. The summed E-state index contributed by atoms with van der Waals surface area (Å²) in [5, 5.41) is 8.00. The van der Waals surface area contributed by atoms with Gasteiger partial charge in [0, 0.05) is 18.5 Å². The van der Waals surface area contributed by atoms with Crippen molar-refractivity contribution in [3.63, 3.8) is 0 Å². The Balaban J connectivity index is 1.93. The van der Waals surface area contributed by atoms with Gasteiger partial charge in [-0.25, -0.2) is 5.10 Å². The van der Waals surface area contributed by atoms with Gasteiger partial charge in [0.25, 0.3) is 5.56 Å². The molecule has 152 valence electrons. The Kier molecular flexibility index (Phi) is 6.32. The van der Waals surface area contributed by atoms with E-state index in [1.165, 1.54) is 0 Å². The van der Waals surface area contributed by atoms with E-state index in [-0.39, 0.29) is 11.5 Å². The number of nitrogens with zero attached hydrogens (tertiary/aromatic N) is 2. The van der Waals surface area contributed by atoms with Gasteiger partial charge < -0.3 is 9.64 Å². The van der Waals surface area contributed by atoms with E-state index in [2.05, 4.69) is 24.0 Å². The molecule has 29 heavy (non-hydrogen) atoms. The number of rotatable bonds is 7. The number of carbonyl (C=O) groups is 1. The highest BCUT2D eigenvalue weighted by molar-refractivity contribution is 5.91. The summed E-state index contributed by atoms with van der Waals surface area (Å²) in [7, 11) is 1.63.